The monoisotopic (exact) mass is 308 g/mol. The van der Waals surface area contributed by atoms with Gasteiger partial charge in [0.15, 0.2) is 0 Å². The highest BCUT2D eigenvalue weighted by molar-refractivity contribution is 8.00. The van der Waals surface area contributed by atoms with Gasteiger partial charge in [0.2, 0.25) is 0 Å². The number of carbonyl (C=O) groups excluding carboxylic acids is 1. The molecule has 1 fully saturated rings. The van der Waals surface area contributed by atoms with Crippen molar-refractivity contribution in [1.82, 2.24) is 10.2 Å². The van der Waals surface area contributed by atoms with Gasteiger partial charge in [0.1, 0.15) is 0 Å². The lowest BCUT2D eigenvalue weighted by atomic mass is 10.1. The van der Waals surface area contributed by atoms with Gasteiger partial charge in [-0.3, -0.25) is 0 Å². The van der Waals surface area contributed by atoms with Crippen LogP contribution in [0.1, 0.15) is 19.8 Å². The molecular weight excluding hydrogens is 284 g/mol. The lowest BCUT2D eigenvalue weighted by Crippen LogP contribution is -2.46. The molecule has 21 heavy (non-hydrogen) atoms. The largest absolute Gasteiger partial charge is 0.381 e. The van der Waals surface area contributed by atoms with Crippen LogP contribution in [0.15, 0.2) is 35.2 Å². The molecule has 1 aliphatic rings. The number of ether oxygens (including phenoxy) is 1. The average Bonchev–Trinajstić information content (AvgIpc) is 2.53. The Morgan fingerprint density at radius 1 is 1.38 bits per heavy atom. The Hall–Kier alpha value is -1.20. The number of hydrogen-bond acceptors (Lipinski definition) is 3. The number of nitrogens with zero attached hydrogens (tertiary/aromatic N) is 1. The smallest absolute Gasteiger partial charge is 0.317 e. The van der Waals surface area contributed by atoms with Gasteiger partial charge in [0.05, 0.1) is 6.10 Å². The highest BCUT2D eigenvalue weighted by Gasteiger charge is 2.22. The number of likely N-dealkylation sites (tertiary alicyclic amines) is 1. The van der Waals surface area contributed by atoms with Crippen LogP contribution in [0.5, 0.6) is 0 Å². The number of methoxy groups -OCH3 is 1. The van der Waals surface area contributed by atoms with Gasteiger partial charge in [0, 0.05) is 36.9 Å². The number of benzene rings is 1. The predicted molar refractivity (Wildman–Crippen MR) is 86.8 cm³/mol. The van der Waals surface area contributed by atoms with Crippen molar-refractivity contribution in [2.24, 2.45) is 0 Å². The number of rotatable bonds is 5. The zero-order chi connectivity index (χ0) is 15.1. The second kappa shape index (κ2) is 8.29. The molecule has 1 aromatic carbocycles. The minimum absolute atomic E-state index is 0.0464. The molecule has 0 unspecified atom stereocenters. The summed E-state index contributed by atoms with van der Waals surface area (Å²) >= 11 is 1.78. The van der Waals surface area contributed by atoms with Crippen molar-refractivity contribution in [2.45, 2.75) is 36.0 Å². The molecule has 0 aliphatic carbocycles. The van der Waals surface area contributed by atoms with Crippen LogP contribution in [0, 0.1) is 0 Å². The number of hydrogen-bond donors (Lipinski definition) is 1. The maximum atomic E-state index is 12.1. The minimum atomic E-state index is 0.0464. The maximum Gasteiger partial charge on any atom is 0.317 e. The summed E-state index contributed by atoms with van der Waals surface area (Å²) in [5.41, 5.74) is 0. The van der Waals surface area contributed by atoms with Crippen LogP contribution in [-0.4, -0.2) is 49.0 Å². The third-order valence-corrected chi connectivity index (χ3v) is 4.80. The van der Waals surface area contributed by atoms with Crippen LogP contribution >= 0.6 is 11.8 Å². The summed E-state index contributed by atoms with van der Waals surface area (Å²) in [6, 6.07) is 10.3. The number of amides is 2. The molecule has 4 nitrogen and oxygen atoms in total. The first-order valence-electron chi connectivity index (χ1n) is 7.46. The minimum Gasteiger partial charge on any atom is -0.381 e. The molecule has 0 aromatic heterocycles. The number of urea groups is 1. The Bertz CT molecular complexity index is 433. The molecule has 1 N–H and O–H groups in total. The van der Waals surface area contributed by atoms with Crippen LogP contribution in [0.25, 0.3) is 0 Å². The first kappa shape index (κ1) is 16.2. The van der Waals surface area contributed by atoms with Crippen molar-refractivity contribution in [3.8, 4) is 0 Å². The summed E-state index contributed by atoms with van der Waals surface area (Å²) in [6.45, 7) is 4.38. The third kappa shape index (κ3) is 5.25. The van der Waals surface area contributed by atoms with Gasteiger partial charge >= 0.3 is 6.03 Å². The van der Waals surface area contributed by atoms with E-state index in [1.807, 2.05) is 23.1 Å². The standard InChI is InChI=1S/C16H24N2O2S/c1-13(21-15-6-4-3-5-7-15)12-17-16(19)18-10-8-14(20-2)9-11-18/h3-7,13-14H,8-12H2,1-2H3,(H,17,19)/t13-/m0/s1. The maximum absolute atomic E-state index is 12.1. The highest BCUT2D eigenvalue weighted by atomic mass is 32.2. The Labute approximate surface area is 131 Å². The Kier molecular flexibility index (Phi) is 6.39. The zero-order valence-electron chi connectivity index (χ0n) is 12.7. The molecule has 1 heterocycles. The number of carbonyl (C=O) groups is 1. The van der Waals surface area contributed by atoms with Gasteiger partial charge in [0.25, 0.3) is 0 Å². The summed E-state index contributed by atoms with van der Waals surface area (Å²) in [6.07, 6.45) is 2.16. The van der Waals surface area contributed by atoms with E-state index in [-0.39, 0.29) is 6.03 Å². The number of piperidine rings is 1. The Balaban J connectivity index is 1.69. The van der Waals surface area contributed by atoms with Crippen molar-refractivity contribution in [3.05, 3.63) is 30.3 Å². The summed E-state index contributed by atoms with van der Waals surface area (Å²) in [4.78, 5) is 15.2. The van der Waals surface area contributed by atoms with Crippen molar-refractivity contribution in [2.75, 3.05) is 26.7 Å². The molecule has 2 amide bonds. The fourth-order valence-corrected chi connectivity index (χ4v) is 3.36. The van der Waals surface area contributed by atoms with Crippen molar-refractivity contribution in [3.63, 3.8) is 0 Å². The van der Waals surface area contributed by atoms with Gasteiger partial charge in [-0.2, -0.15) is 0 Å². The normalized spacial score (nSPS) is 17.5. The topological polar surface area (TPSA) is 41.6 Å². The predicted octanol–water partition coefficient (Wildman–Crippen LogP) is 2.99. The number of nitrogens with one attached hydrogen (secondary N) is 1. The van der Waals surface area contributed by atoms with E-state index in [1.54, 1.807) is 18.9 Å². The average molecular weight is 308 g/mol. The molecule has 0 bridgehead atoms. The van der Waals surface area contributed by atoms with E-state index >= 15 is 0 Å². The van der Waals surface area contributed by atoms with E-state index in [9.17, 15) is 4.79 Å². The molecule has 1 aromatic rings. The second-order valence-electron chi connectivity index (χ2n) is 5.35. The van der Waals surface area contributed by atoms with Gasteiger partial charge in [-0.05, 0) is 25.0 Å². The van der Waals surface area contributed by atoms with E-state index in [4.69, 9.17) is 4.74 Å². The first-order valence-corrected chi connectivity index (χ1v) is 8.34. The second-order valence-corrected chi connectivity index (χ2v) is 6.86. The van der Waals surface area contributed by atoms with Crippen LogP contribution < -0.4 is 5.32 Å². The molecule has 0 spiro atoms. The fourth-order valence-electron chi connectivity index (χ4n) is 2.41. The number of thioether (sulfide) groups is 1. The summed E-state index contributed by atoms with van der Waals surface area (Å²) in [5, 5.41) is 3.39. The lowest BCUT2D eigenvalue weighted by molar-refractivity contribution is 0.0504. The zero-order valence-corrected chi connectivity index (χ0v) is 13.6. The molecular formula is C16H24N2O2S. The van der Waals surface area contributed by atoms with Gasteiger partial charge in [-0.25, -0.2) is 4.79 Å². The summed E-state index contributed by atoms with van der Waals surface area (Å²) in [5.74, 6) is 0. The Morgan fingerprint density at radius 2 is 2.05 bits per heavy atom. The fraction of sp³-hybridized carbons (Fsp3) is 0.562. The Morgan fingerprint density at radius 3 is 2.67 bits per heavy atom. The first-order chi connectivity index (χ1) is 10.2. The molecule has 0 saturated carbocycles. The van der Waals surface area contributed by atoms with E-state index in [0.29, 0.717) is 17.9 Å². The van der Waals surface area contributed by atoms with Gasteiger partial charge < -0.3 is 15.0 Å². The quantitative estimate of drug-likeness (QED) is 0.850. The van der Waals surface area contributed by atoms with Crippen LogP contribution in [0.3, 0.4) is 0 Å². The molecule has 1 saturated heterocycles. The summed E-state index contributed by atoms with van der Waals surface area (Å²) in [7, 11) is 1.74. The molecule has 5 heteroatoms. The summed E-state index contributed by atoms with van der Waals surface area (Å²) < 4.78 is 5.32. The third-order valence-electron chi connectivity index (χ3n) is 3.68. The molecule has 2 rings (SSSR count). The van der Waals surface area contributed by atoms with Crippen LogP contribution in [0.4, 0.5) is 4.79 Å². The lowest BCUT2D eigenvalue weighted by Gasteiger charge is -2.31. The van der Waals surface area contributed by atoms with Crippen LogP contribution in [0.2, 0.25) is 0 Å². The van der Waals surface area contributed by atoms with Gasteiger partial charge in [-0.15, -0.1) is 11.8 Å². The van der Waals surface area contributed by atoms with E-state index in [1.165, 1.54) is 4.90 Å². The van der Waals surface area contributed by atoms with Crippen molar-refractivity contribution >= 4 is 17.8 Å². The van der Waals surface area contributed by atoms with E-state index < -0.39 is 0 Å². The van der Waals surface area contributed by atoms with Crippen LogP contribution in [-0.2, 0) is 4.74 Å². The van der Waals surface area contributed by atoms with Crippen molar-refractivity contribution in [1.29, 1.82) is 0 Å². The highest BCUT2D eigenvalue weighted by Crippen LogP contribution is 2.22. The molecule has 0 radical (unpaired) electrons. The van der Waals surface area contributed by atoms with E-state index in [0.717, 1.165) is 25.9 Å². The molecule has 116 valence electrons. The van der Waals surface area contributed by atoms with E-state index in [2.05, 4.69) is 24.4 Å². The molecule has 1 aliphatic heterocycles. The SMILES string of the molecule is COC1CCN(C(=O)NC[C@H](C)Sc2ccccc2)CC1. The molecule has 1 atom stereocenters. The van der Waals surface area contributed by atoms with Gasteiger partial charge in [-0.1, -0.05) is 25.1 Å². The van der Waals surface area contributed by atoms with Crippen molar-refractivity contribution < 1.29 is 9.53 Å².